The minimum atomic E-state index is -1.99. The standard InChI is InChI=1S/C20H18BrFO5/c1-20(22)16(27-18(24)14-10-6-3-7-11-14)15(26-19(20)21)12-25-17(23)13-8-4-2-5-9-13/h2-11,15-16,19H,12H2,1H3/t15-,16-,19?,20+/m1/s1. The summed E-state index contributed by atoms with van der Waals surface area (Å²) in [7, 11) is 0. The Morgan fingerprint density at radius 1 is 1.04 bits per heavy atom. The molecule has 1 aliphatic rings. The largest absolute Gasteiger partial charge is 0.459 e. The highest BCUT2D eigenvalue weighted by molar-refractivity contribution is 9.09. The number of hydrogen-bond acceptors (Lipinski definition) is 5. The Bertz CT molecular complexity index is 797. The molecule has 0 spiro atoms. The summed E-state index contributed by atoms with van der Waals surface area (Å²) in [6, 6.07) is 16.7. The van der Waals surface area contributed by atoms with Gasteiger partial charge in [-0.05, 0) is 31.2 Å². The summed E-state index contributed by atoms with van der Waals surface area (Å²) in [5, 5.41) is -1.00. The average Bonchev–Trinajstić information content (AvgIpc) is 2.90. The number of halogens is 2. The molecule has 1 unspecified atom stereocenters. The topological polar surface area (TPSA) is 61.8 Å². The van der Waals surface area contributed by atoms with E-state index in [4.69, 9.17) is 14.2 Å². The molecule has 1 saturated heterocycles. The van der Waals surface area contributed by atoms with Gasteiger partial charge in [-0.15, -0.1) is 0 Å². The Kier molecular flexibility index (Phi) is 5.92. The predicted molar refractivity (Wildman–Crippen MR) is 99.5 cm³/mol. The van der Waals surface area contributed by atoms with Gasteiger partial charge < -0.3 is 14.2 Å². The van der Waals surface area contributed by atoms with Crippen LogP contribution in [0.15, 0.2) is 60.7 Å². The molecule has 0 radical (unpaired) electrons. The van der Waals surface area contributed by atoms with E-state index in [0.29, 0.717) is 11.1 Å². The molecule has 5 nitrogen and oxygen atoms in total. The van der Waals surface area contributed by atoms with Crippen molar-refractivity contribution >= 4 is 27.9 Å². The second-order valence-corrected chi connectivity index (χ2v) is 7.13. The smallest absolute Gasteiger partial charge is 0.338 e. The normalized spacial score (nSPS) is 27.1. The Hall–Kier alpha value is -2.25. The zero-order valence-electron chi connectivity index (χ0n) is 14.5. The van der Waals surface area contributed by atoms with Crippen molar-refractivity contribution in [2.75, 3.05) is 6.61 Å². The van der Waals surface area contributed by atoms with Crippen molar-refractivity contribution in [2.45, 2.75) is 29.8 Å². The average molecular weight is 437 g/mol. The second-order valence-electron chi connectivity index (χ2n) is 6.30. The third-order valence-electron chi connectivity index (χ3n) is 4.26. The van der Waals surface area contributed by atoms with Gasteiger partial charge in [0.25, 0.3) is 0 Å². The van der Waals surface area contributed by atoms with Crippen LogP contribution < -0.4 is 0 Å². The molecule has 4 atom stereocenters. The Morgan fingerprint density at radius 2 is 1.56 bits per heavy atom. The van der Waals surface area contributed by atoms with Gasteiger partial charge in [-0.3, -0.25) is 0 Å². The third-order valence-corrected chi connectivity index (χ3v) is 5.37. The van der Waals surface area contributed by atoms with E-state index in [1.807, 2.05) is 0 Å². The van der Waals surface area contributed by atoms with Crippen molar-refractivity contribution in [3.05, 3.63) is 71.8 Å². The van der Waals surface area contributed by atoms with Crippen LogP contribution in [0.2, 0.25) is 0 Å². The van der Waals surface area contributed by atoms with E-state index in [1.165, 1.54) is 6.92 Å². The van der Waals surface area contributed by atoms with Gasteiger partial charge in [0.05, 0.1) is 11.1 Å². The first-order valence-electron chi connectivity index (χ1n) is 8.36. The van der Waals surface area contributed by atoms with E-state index >= 15 is 4.39 Å². The molecule has 0 saturated carbocycles. The van der Waals surface area contributed by atoms with Crippen LogP contribution in [-0.4, -0.2) is 41.4 Å². The lowest BCUT2D eigenvalue weighted by atomic mass is 10.0. The summed E-state index contributed by atoms with van der Waals surface area (Å²) in [4.78, 5) is 24.4. The third kappa shape index (κ3) is 4.36. The number of esters is 2. The summed E-state index contributed by atoms with van der Waals surface area (Å²) in [5.41, 5.74) is -1.33. The molecular weight excluding hydrogens is 419 g/mol. The molecule has 0 bridgehead atoms. The van der Waals surface area contributed by atoms with Crippen molar-refractivity contribution in [1.82, 2.24) is 0 Å². The van der Waals surface area contributed by atoms with E-state index in [0.717, 1.165) is 0 Å². The zero-order chi connectivity index (χ0) is 19.4. The van der Waals surface area contributed by atoms with Gasteiger partial charge in [-0.1, -0.05) is 52.3 Å². The molecule has 7 heteroatoms. The van der Waals surface area contributed by atoms with Crippen molar-refractivity contribution in [1.29, 1.82) is 0 Å². The lowest BCUT2D eigenvalue weighted by Gasteiger charge is -2.25. The summed E-state index contributed by atoms with van der Waals surface area (Å²) >= 11 is 3.11. The molecule has 1 aliphatic heterocycles. The maximum Gasteiger partial charge on any atom is 0.338 e. The predicted octanol–water partition coefficient (Wildman–Crippen LogP) is 3.92. The van der Waals surface area contributed by atoms with Crippen molar-refractivity contribution in [3.8, 4) is 0 Å². The van der Waals surface area contributed by atoms with Crippen LogP contribution in [0.5, 0.6) is 0 Å². The number of carbonyl (C=O) groups excluding carboxylic acids is 2. The summed E-state index contributed by atoms with van der Waals surface area (Å²) in [5.74, 6) is -1.24. The molecule has 27 heavy (non-hydrogen) atoms. The first kappa shape index (κ1) is 19.5. The number of carbonyl (C=O) groups is 2. The zero-order valence-corrected chi connectivity index (χ0v) is 16.1. The molecule has 2 aromatic rings. The number of ether oxygens (including phenoxy) is 3. The minimum absolute atomic E-state index is 0.248. The Labute approximate surface area is 164 Å². The molecule has 0 amide bonds. The van der Waals surface area contributed by atoms with Gasteiger partial charge in [0.1, 0.15) is 12.7 Å². The molecule has 0 N–H and O–H groups in total. The Balaban J connectivity index is 1.69. The summed E-state index contributed by atoms with van der Waals surface area (Å²) in [6.07, 6.45) is -2.18. The molecule has 0 aromatic heterocycles. The first-order valence-corrected chi connectivity index (χ1v) is 9.28. The van der Waals surface area contributed by atoms with Crippen LogP contribution in [0.25, 0.3) is 0 Å². The maximum absolute atomic E-state index is 15.1. The van der Waals surface area contributed by atoms with Crippen LogP contribution in [-0.2, 0) is 14.2 Å². The van der Waals surface area contributed by atoms with E-state index < -0.39 is 34.8 Å². The van der Waals surface area contributed by atoms with Crippen LogP contribution in [0.4, 0.5) is 4.39 Å². The number of alkyl halides is 2. The minimum Gasteiger partial charge on any atom is -0.459 e. The van der Waals surface area contributed by atoms with Gasteiger partial charge in [0.2, 0.25) is 0 Å². The maximum atomic E-state index is 15.1. The fraction of sp³-hybridized carbons (Fsp3) is 0.300. The molecule has 3 rings (SSSR count). The lowest BCUT2D eigenvalue weighted by Crippen LogP contribution is -2.44. The molecule has 0 aliphatic carbocycles. The van der Waals surface area contributed by atoms with Gasteiger partial charge in [0, 0.05) is 0 Å². The molecule has 142 valence electrons. The fourth-order valence-electron chi connectivity index (χ4n) is 2.74. The molecule has 1 fully saturated rings. The highest BCUT2D eigenvalue weighted by Crippen LogP contribution is 2.40. The van der Waals surface area contributed by atoms with Crippen molar-refractivity contribution in [3.63, 3.8) is 0 Å². The summed E-state index contributed by atoms with van der Waals surface area (Å²) in [6.45, 7) is 1.02. The highest BCUT2D eigenvalue weighted by Gasteiger charge is 2.56. The van der Waals surface area contributed by atoms with Gasteiger partial charge in [0.15, 0.2) is 16.8 Å². The van der Waals surface area contributed by atoms with Crippen molar-refractivity contribution < 1.29 is 28.2 Å². The fourth-order valence-corrected chi connectivity index (χ4v) is 3.28. The first-order chi connectivity index (χ1) is 12.9. The Morgan fingerprint density at radius 3 is 2.11 bits per heavy atom. The lowest BCUT2D eigenvalue weighted by molar-refractivity contribution is -0.0422. The van der Waals surface area contributed by atoms with Crippen LogP contribution >= 0.6 is 15.9 Å². The molecule has 1 heterocycles. The van der Waals surface area contributed by atoms with E-state index in [-0.39, 0.29) is 6.61 Å². The molecule has 2 aromatic carbocycles. The van der Waals surface area contributed by atoms with Crippen LogP contribution in [0.3, 0.4) is 0 Å². The van der Waals surface area contributed by atoms with Gasteiger partial charge in [-0.25, -0.2) is 14.0 Å². The van der Waals surface area contributed by atoms with Crippen LogP contribution in [0.1, 0.15) is 27.6 Å². The van der Waals surface area contributed by atoms with Gasteiger partial charge >= 0.3 is 11.9 Å². The summed E-state index contributed by atoms with van der Waals surface area (Å²) < 4.78 is 31.2. The van der Waals surface area contributed by atoms with Crippen molar-refractivity contribution in [2.24, 2.45) is 0 Å². The van der Waals surface area contributed by atoms with E-state index in [1.54, 1.807) is 60.7 Å². The monoisotopic (exact) mass is 436 g/mol. The number of benzene rings is 2. The van der Waals surface area contributed by atoms with Crippen LogP contribution in [0, 0.1) is 0 Å². The SMILES string of the molecule is C[C@@]1(F)C(Br)O[C@H](COC(=O)c2ccccc2)[C@H]1OC(=O)c1ccccc1. The number of rotatable bonds is 5. The van der Waals surface area contributed by atoms with E-state index in [2.05, 4.69) is 15.9 Å². The van der Waals surface area contributed by atoms with Gasteiger partial charge in [-0.2, -0.15) is 0 Å². The highest BCUT2D eigenvalue weighted by atomic mass is 79.9. The van der Waals surface area contributed by atoms with E-state index in [9.17, 15) is 9.59 Å². The number of hydrogen-bond donors (Lipinski definition) is 0. The quantitative estimate of drug-likeness (QED) is 0.525. The second kappa shape index (κ2) is 8.19. The molecular formula is C20H18BrFO5.